The van der Waals surface area contributed by atoms with Crippen molar-refractivity contribution >= 4 is 33.6 Å². The van der Waals surface area contributed by atoms with Gasteiger partial charge in [-0.15, -0.1) is 0 Å². The third kappa shape index (κ3) is 5.23. The molecule has 0 spiro atoms. The molecule has 0 radical (unpaired) electrons. The lowest BCUT2D eigenvalue weighted by molar-refractivity contribution is 0.453. The molecule has 1 aliphatic carbocycles. The maximum Gasteiger partial charge on any atom is 0.140 e. The first-order chi connectivity index (χ1) is 21.7. The number of benzene rings is 3. The Balaban J connectivity index is 1.27. The van der Waals surface area contributed by atoms with Crippen LogP contribution in [0.2, 0.25) is 0 Å². The number of aryl methyl sites for hydroxylation is 2. The Morgan fingerprint density at radius 1 is 0.889 bits per heavy atom. The number of ether oxygens (including phenoxy) is 1. The second-order valence-electron chi connectivity index (χ2n) is 12.3. The molecule has 0 amide bonds. The van der Waals surface area contributed by atoms with Crippen molar-refractivity contribution in [3.8, 4) is 23.0 Å². The van der Waals surface area contributed by atoms with Gasteiger partial charge in [-0.1, -0.05) is 36.8 Å². The summed E-state index contributed by atoms with van der Waals surface area (Å²) in [5.41, 5.74) is 8.94. The van der Waals surface area contributed by atoms with Gasteiger partial charge in [0.25, 0.3) is 0 Å². The van der Waals surface area contributed by atoms with Crippen LogP contribution in [0.4, 0.5) is 4.39 Å². The van der Waals surface area contributed by atoms with Crippen LogP contribution in [-0.2, 0) is 0 Å². The van der Waals surface area contributed by atoms with Gasteiger partial charge in [-0.3, -0.25) is 4.57 Å². The van der Waals surface area contributed by atoms with Crippen molar-refractivity contribution in [2.45, 2.75) is 52.2 Å². The van der Waals surface area contributed by atoms with Gasteiger partial charge >= 0.3 is 0 Å². The SMILES string of the molecule is CS[C@H]1C=C(C)C(c2c(C)nn(-c3cc(C)cc(Oc4ccc5c6ccccc6n(-c6cc(F)ccn6)c5c4)c3)c2C)[C@@H](C)C1. The summed E-state index contributed by atoms with van der Waals surface area (Å²) in [6.07, 6.45) is 7.32. The van der Waals surface area contributed by atoms with E-state index in [1.54, 1.807) is 0 Å². The first-order valence-corrected chi connectivity index (χ1v) is 16.7. The number of rotatable bonds is 6. The van der Waals surface area contributed by atoms with Gasteiger partial charge in [0.05, 0.1) is 22.4 Å². The highest BCUT2D eigenvalue weighted by atomic mass is 32.2. The van der Waals surface area contributed by atoms with E-state index in [1.165, 1.54) is 41.6 Å². The van der Waals surface area contributed by atoms with Crippen molar-refractivity contribution in [2.24, 2.45) is 5.92 Å². The van der Waals surface area contributed by atoms with Crippen LogP contribution in [0.25, 0.3) is 33.3 Å². The smallest absolute Gasteiger partial charge is 0.140 e. The van der Waals surface area contributed by atoms with Crippen molar-refractivity contribution in [1.82, 2.24) is 19.3 Å². The third-order valence-corrected chi connectivity index (χ3v) is 10.1. The predicted molar refractivity (Wildman–Crippen MR) is 184 cm³/mol. The fourth-order valence-electron chi connectivity index (χ4n) is 7.27. The summed E-state index contributed by atoms with van der Waals surface area (Å²) >= 11 is 1.94. The van der Waals surface area contributed by atoms with Crippen LogP contribution in [-0.4, -0.2) is 30.8 Å². The molecule has 0 saturated heterocycles. The Morgan fingerprint density at radius 3 is 2.47 bits per heavy atom. The van der Waals surface area contributed by atoms with E-state index in [2.05, 4.69) is 80.9 Å². The molecule has 3 heterocycles. The summed E-state index contributed by atoms with van der Waals surface area (Å²) in [6, 6.07) is 23.3. The van der Waals surface area contributed by atoms with Crippen molar-refractivity contribution in [1.29, 1.82) is 0 Å². The summed E-state index contributed by atoms with van der Waals surface area (Å²) in [5, 5.41) is 7.76. The third-order valence-electron chi connectivity index (χ3n) is 9.17. The molecular formula is C38H37FN4OS. The number of fused-ring (bicyclic) bond motifs is 3. The standard InChI is InChI=1S/C38H37FN4OS/c1-22-15-28(43-26(5)38(25(4)41-43)37-23(2)17-31(45-6)18-24(37)3)20-30(16-22)44-29-11-12-33-32-9-7-8-10-34(32)42(35(33)21-29)36-19-27(39)13-14-40-36/h7-17,19-21,24,31,37H,18H2,1-6H3/t24-,31-,37?/m0/s1. The first kappa shape index (κ1) is 29.4. The summed E-state index contributed by atoms with van der Waals surface area (Å²) < 4.78 is 24.9. The van der Waals surface area contributed by atoms with Crippen molar-refractivity contribution in [3.63, 3.8) is 0 Å². The largest absolute Gasteiger partial charge is 0.457 e. The normalized spacial score (nSPS) is 18.5. The average Bonchev–Trinajstić information content (AvgIpc) is 3.49. The molecule has 7 heteroatoms. The number of thioether (sulfide) groups is 1. The molecule has 1 aliphatic rings. The number of pyridine rings is 1. The zero-order valence-corrected chi connectivity index (χ0v) is 27.3. The zero-order valence-electron chi connectivity index (χ0n) is 26.5. The number of para-hydroxylation sites is 1. The maximum atomic E-state index is 14.3. The van der Waals surface area contributed by atoms with Gasteiger partial charge in [0, 0.05) is 57.6 Å². The van der Waals surface area contributed by atoms with E-state index in [4.69, 9.17) is 9.84 Å². The topological polar surface area (TPSA) is 44.9 Å². The minimum Gasteiger partial charge on any atom is -0.457 e. The van der Waals surface area contributed by atoms with Gasteiger partial charge in [0.15, 0.2) is 0 Å². The van der Waals surface area contributed by atoms with Crippen LogP contribution in [0, 0.1) is 32.5 Å². The molecular weight excluding hydrogens is 580 g/mol. The second-order valence-corrected chi connectivity index (χ2v) is 13.4. The van der Waals surface area contributed by atoms with Gasteiger partial charge in [-0.05, 0) is 88.3 Å². The lowest BCUT2D eigenvalue weighted by atomic mass is 9.75. The number of hydrogen-bond acceptors (Lipinski definition) is 4. The first-order valence-electron chi connectivity index (χ1n) is 15.4. The van der Waals surface area contributed by atoms with E-state index < -0.39 is 0 Å². The van der Waals surface area contributed by atoms with Gasteiger partial charge < -0.3 is 4.74 Å². The molecule has 3 atom stereocenters. The monoisotopic (exact) mass is 616 g/mol. The molecule has 5 nitrogen and oxygen atoms in total. The van der Waals surface area contributed by atoms with Crippen LogP contribution in [0.3, 0.4) is 0 Å². The van der Waals surface area contributed by atoms with Gasteiger partial charge in [0.1, 0.15) is 23.1 Å². The van der Waals surface area contributed by atoms with Crippen LogP contribution < -0.4 is 4.74 Å². The van der Waals surface area contributed by atoms with E-state index in [0.717, 1.165) is 44.5 Å². The Bertz CT molecular complexity index is 2110. The number of allylic oxidation sites excluding steroid dienone is 1. The molecule has 7 rings (SSSR count). The van der Waals surface area contributed by atoms with Gasteiger partial charge in [-0.2, -0.15) is 16.9 Å². The fourth-order valence-corrected chi connectivity index (χ4v) is 8.12. The molecule has 3 aromatic carbocycles. The van der Waals surface area contributed by atoms with Crippen LogP contribution in [0.5, 0.6) is 11.5 Å². The van der Waals surface area contributed by atoms with E-state index in [-0.39, 0.29) is 5.82 Å². The number of halogens is 1. The summed E-state index contributed by atoms with van der Waals surface area (Å²) in [4.78, 5) is 4.49. The predicted octanol–water partition coefficient (Wildman–Crippen LogP) is 10.0. The molecule has 0 aliphatic heterocycles. The summed E-state index contributed by atoms with van der Waals surface area (Å²) in [5.74, 6) is 2.54. The van der Waals surface area contributed by atoms with E-state index in [9.17, 15) is 4.39 Å². The highest BCUT2D eigenvalue weighted by molar-refractivity contribution is 7.99. The lowest BCUT2D eigenvalue weighted by Crippen LogP contribution is -2.22. The molecule has 45 heavy (non-hydrogen) atoms. The minimum atomic E-state index is -0.328. The zero-order chi connectivity index (χ0) is 31.4. The minimum absolute atomic E-state index is 0.328. The van der Waals surface area contributed by atoms with E-state index in [0.29, 0.717) is 28.7 Å². The van der Waals surface area contributed by atoms with E-state index in [1.807, 2.05) is 52.7 Å². The molecule has 0 fully saturated rings. The Labute approximate surface area is 267 Å². The molecule has 1 unspecified atom stereocenters. The van der Waals surface area contributed by atoms with Gasteiger partial charge in [0.2, 0.25) is 0 Å². The Kier molecular flexibility index (Phi) is 7.52. The molecule has 6 aromatic rings. The van der Waals surface area contributed by atoms with Crippen molar-refractivity contribution < 1.29 is 9.13 Å². The van der Waals surface area contributed by atoms with Crippen LogP contribution >= 0.6 is 11.8 Å². The van der Waals surface area contributed by atoms with Crippen molar-refractivity contribution in [3.05, 3.63) is 119 Å². The van der Waals surface area contributed by atoms with E-state index >= 15 is 0 Å². The fraction of sp³-hybridized carbons (Fsp3) is 0.263. The van der Waals surface area contributed by atoms with Crippen LogP contribution in [0.1, 0.15) is 48.7 Å². The Morgan fingerprint density at radius 2 is 1.69 bits per heavy atom. The lowest BCUT2D eigenvalue weighted by Gasteiger charge is -2.33. The second kappa shape index (κ2) is 11.5. The van der Waals surface area contributed by atoms with Crippen molar-refractivity contribution in [2.75, 3.05) is 6.26 Å². The van der Waals surface area contributed by atoms with Crippen LogP contribution in [0.15, 0.2) is 90.6 Å². The number of aromatic nitrogens is 4. The number of nitrogens with zero attached hydrogens (tertiary/aromatic N) is 4. The number of hydrogen-bond donors (Lipinski definition) is 0. The summed E-state index contributed by atoms with van der Waals surface area (Å²) in [6.45, 7) is 11.1. The summed E-state index contributed by atoms with van der Waals surface area (Å²) in [7, 11) is 0. The highest BCUT2D eigenvalue weighted by Gasteiger charge is 2.32. The average molecular weight is 617 g/mol. The molecule has 0 bridgehead atoms. The molecule has 0 saturated carbocycles. The van der Waals surface area contributed by atoms with Gasteiger partial charge in [-0.25, -0.2) is 14.1 Å². The quantitative estimate of drug-likeness (QED) is 0.175. The Hall–Kier alpha value is -4.36. The molecule has 228 valence electrons. The molecule has 0 N–H and O–H groups in total. The maximum absolute atomic E-state index is 14.3. The molecule has 3 aromatic heterocycles. The highest BCUT2D eigenvalue weighted by Crippen LogP contribution is 2.44.